The predicted octanol–water partition coefficient (Wildman–Crippen LogP) is 2.21. The van der Waals surface area contributed by atoms with Crippen LogP contribution < -0.4 is 14.8 Å². The summed E-state index contributed by atoms with van der Waals surface area (Å²) >= 11 is 5.92. The van der Waals surface area contributed by atoms with Gasteiger partial charge in [0.25, 0.3) is 0 Å². The molecule has 0 aromatic heterocycles. The van der Waals surface area contributed by atoms with Gasteiger partial charge in [-0.2, -0.15) is 5.26 Å². The lowest BCUT2D eigenvalue weighted by Crippen LogP contribution is -2.11. The van der Waals surface area contributed by atoms with E-state index in [9.17, 15) is 4.79 Å². The van der Waals surface area contributed by atoms with Gasteiger partial charge in [0.05, 0.1) is 31.0 Å². The molecule has 17 heavy (non-hydrogen) atoms. The Morgan fingerprint density at radius 2 is 2.06 bits per heavy atom. The Morgan fingerprint density at radius 1 is 1.41 bits per heavy atom. The normalized spacial score (nSPS) is 9.29. The van der Waals surface area contributed by atoms with E-state index in [4.69, 9.17) is 26.3 Å². The number of amides is 1. The number of nitriles is 1. The van der Waals surface area contributed by atoms with E-state index in [0.717, 1.165) is 0 Å². The number of nitrogens with one attached hydrogen (secondary N) is 1. The second-order valence-electron chi connectivity index (χ2n) is 3.07. The number of methoxy groups -OCH3 is 2. The predicted molar refractivity (Wildman–Crippen MR) is 63.4 cm³/mol. The molecular formula is C11H11ClN2O3. The molecule has 1 amide bonds. The van der Waals surface area contributed by atoms with Crippen molar-refractivity contribution >= 4 is 23.2 Å². The molecule has 1 rings (SSSR count). The summed E-state index contributed by atoms with van der Waals surface area (Å²) in [5, 5.41) is 11.3. The molecule has 0 bridgehead atoms. The van der Waals surface area contributed by atoms with Crippen LogP contribution in [0.2, 0.25) is 5.02 Å². The van der Waals surface area contributed by atoms with Gasteiger partial charge in [0.15, 0.2) is 0 Å². The molecule has 5 nitrogen and oxygen atoms in total. The Balaban J connectivity index is 3.03. The molecule has 0 unspecified atom stereocenters. The molecule has 0 saturated carbocycles. The third kappa shape index (κ3) is 3.26. The van der Waals surface area contributed by atoms with Crippen LogP contribution in [0.15, 0.2) is 12.1 Å². The molecule has 0 fully saturated rings. The zero-order chi connectivity index (χ0) is 12.8. The van der Waals surface area contributed by atoms with Crippen LogP contribution in [0, 0.1) is 11.3 Å². The van der Waals surface area contributed by atoms with Crippen molar-refractivity contribution in [2.24, 2.45) is 0 Å². The van der Waals surface area contributed by atoms with Crippen molar-refractivity contribution in [2.45, 2.75) is 6.42 Å². The van der Waals surface area contributed by atoms with Gasteiger partial charge in [-0.1, -0.05) is 11.6 Å². The highest BCUT2D eigenvalue weighted by Crippen LogP contribution is 2.35. The van der Waals surface area contributed by atoms with Crippen molar-refractivity contribution in [3.05, 3.63) is 17.2 Å². The van der Waals surface area contributed by atoms with Crippen LogP contribution in [0.1, 0.15) is 6.42 Å². The number of rotatable bonds is 4. The van der Waals surface area contributed by atoms with Crippen LogP contribution in [0.3, 0.4) is 0 Å². The molecule has 6 heteroatoms. The Bertz CT molecular complexity index is 469. The van der Waals surface area contributed by atoms with E-state index in [1.807, 2.05) is 0 Å². The lowest BCUT2D eigenvalue weighted by molar-refractivity contribution is -0.115. The van der Waals surface area contributed by atoms with Crippen molar-refractivity contribution in [1.82, 2.24) is 0 Å². The van der Waals surface area contributed by atoms with Gasteiger partial charge >= 0.3 is 0 Å². The van der Waals surface area contributed by atoms with Crippen LogP contribution in [0.25, 0.3) is 0 Å². The minimum atomic E-state index is -0.424. The first-order valence-corrected chi connectivity index (χ1v) is 5.08. The Kier molecular flexibility index (Phi) is 4.61. The van der Waals surface area contributed by atoms with E-state index in [1.165, 1.54) is 20.3 Å². The highest BCUT2D eigenvalue weighted by atomic mass is 35.5. The van der Waals surface area contributed by atoms with Crippen LogP contribution in [-0.2, 0) is 4.79 Å². The number of hydrogen-bond donors (Lipinski definition) is 1. The first-order chi connectivity index (χ1) is 8.12. The lowest BCUT2D eigenvalue weighted by Gasteiger charge is -2.12. The number of carbonyl (C=O) groups is 1. The quantitative estimate of drug-likeness (QED) is 0.894. The first kappa shape index (κ1) is 13.1. The fraction of sp³-hybridized carbons (Fsp3) is 0.273. The average Bonchev–Trinajstić information content (AvgIpc) is 2.29. The van der Waals surface area contributed by atoms with Gasteiger partial charge in [0.2, 0.25) is 5.91 Å². The second-order valence-corrected chi connectivity index (χ2v) is 3.48. The zero-order valence-corrected chi connectivity index (χ0v) is 10.2. The van der Waals surface area contributed by atoms with Crippen LogP contribution in [0.4, 0.5) is 5.69 Å². The van der Waals surface area contributed by atoms with Gasteiger partial charge in [-0.3, -0.25) is 4.79 Å². The fourth-order valence-electron chi connectivity index (χ4n) is 1.22. The number of hydrogen-bond acceptors (Lipinski definition) is 4. The van der Waals surface area contributed by atoms with Crippen LogP contribution in [0.5, 0.6) is 11.5 Å². The average molecular weight is 255 g/mol. The minimum absolute atomic E-state index is 0.229. The molecule has 0 radical (unpaired) electrons. The van der Waals surface area contributed by atoms with Gasteiger partial charge in [0, 0.05) is 6.07 Å². The molecule has 1 aromatic carbocycles. The summed E-state index contributed by atoms with van der Waals surface area (Å²) in [6.07, 6.45) is -0.229. The topological polar surface area (TPSA) is 71.3 Å². The van der Waals surface area contributed by atoms with E-state index in [2.05, 4.69) is 5.32 Å². The molecule has 0 aliphatic heterocycles. The first-order valence-electron chi connectivity index (χ1n) is 4.70. The zero-order valence-electron chi connectivity index (χ0n) is 9.41. The van der Waals surface area contributed by atoms with E-state index < -0.39 is 5.91 Å². The summed E-state index contributed by atoms with van der Waals surface area (Å²) in [5.41, 5.74) is 0.401. The van der Waals surface area contributed by atoms with Gasteiger partial charge in [-0.15, -0.1) is 0 Å². The summed E-state index contributed by atoms with van der Waals surface area (Å²) in [6.45, 7) is 0. The Labute approximate surface area is 104 Å². The lowest BCUT2D eigenvalue weighted by atomic mass is 10.2. The van der Waals surface area contributed by atoms with E-state index in [-0.39, 0.29) is 6.42 Å². The minimum Gasteiger partial charge on any atom is -0.495 e. The number of halogens is 1. The largest absolute Gasteiger partial charge is 0.495 e. The maximum Gasteiger partial charge on any atom is 0.238 e. The second kappa shape index (κ2) is 5.97. The maximum atomic E-state index is 11.3. The maximum absolute atomic E-state index is 11.3. The highest BCUT2D eigenvalue weighted by Gasteiger charge is 2.12. The molecule has 1 N–H and O–H groups in total. The summed E-state index contributed by atoms with van der Waals surface area (Å²) in [5.74, 6) is 0.436. The molecule has 0 heterocycles. The van der Waals surface area contributed by atoms with Gasteiger partial charge in [0.1, 0.15) is 17.9 Å². The van der Waals surface area contributed by atoms with E-state index in [0.29, 0.717) is 22.2 Å². The molecule has 0 aliphatic carbocycles. The number of ether oxygens (including phenoxy) is 2. The number of anilines is 1. The number of carbonyl (C=O) groups excluding carboxylic acids is 1. The SMILES string of the molecule is COc1cc(OC)c(NC(=O)CC#N)cc1Cl. The summed E-state index contributed by atoms with van der Waals surface area (Å²) < 4.78 is 10.1. The van der Waals surface area contributed by atoms with Crippen molar-refractivity contribution in [3.8, 4) is 17.6 Å². The van der Waals surface area contributed by atoms with Gasteiger partial charge in [-0.05, 0) is 6.07 Å². The smallest absolute Gasteiger partial charge is 0.238 e. The van der Waals surface area contributed by atoms with Crippen LogP contribution in [-0.4, -0.2) is 20.1 Å². The van der Waals surface area contributed by atoms with Crippen molar-refractivity contribution in [1.29, 1.82) is 5.26 Å². The summed E-state index contributed by atoms with van der Waals surface area (Å²) in [6, 6.07) is 4.82. The number of nitrogens with zero attached hydrogens (tertiary/aromatic N) is 1. The highest BCUT2D eigenvalue weighted by molar-refractivity contribution is 6.32. The summed E-state index contributed by atoms with van der Waals surface area (Å²) in [7, 11) is 2.94. The van der Waals surface area contributed by atoms with Gasteiger partial charge < -0.3 is 14.8 Å². The van der Waals surface area contributed by atoms with E-state index >= 15 is 0 Å². The van der Waals surface area contributed by atoms with Crippen molar-refractivity contribution in [3.63, 3.8) is 0 Å². The van der Waals surface area contributed by atoms with E-state index in [1.54, 1.807) is 12.1 Å². The Hall–Kier alpha value is -1.93. The number of benzene rings is 1. The molecule has 0 atom stereocenters. The van der Waals surface area contributed by atoms with Crippen molar-refractivity contribution in [2.75, 3.05) is 19.5 Å². The van der Waals surface area contributed by atoms with Crippen LogP contribution >= 0.6 is 11.6 Å². The molecule has 0 spiro atoms. The fourth-order valence-corrected chi connectivity index (χ4v) is 1.46. The van der Waals surface area contributed by atoms with Gasteiger partial charge in [-0.25, -0.2) is 0 Å². The Morgan fingerprint density at radius 3 is 2.59 bits per heavy atom. The van der Waals surface area contributed by atoms with Crippen molar-refractivity contribution < 1.29 is 14.3 Å². The third-order valence-corrected chi connectivity index (χ3v) is 2.28. The molecule has 0 aliphatic rings. The molecule has 0 saturated heterocycles. The standard InChI is InChI=1S/C11H11ClN2O3/c1-16-9-6-10(17-2)8(5-7(9)12)14-11(15)3-4-13/h5-6H,3H2,1-2H3,(H,14,15). The third-order valence-electron chi connectivity index (χ3n) is 1.99. The molecule has 90 valence electrons. The molecular weight excluding hydrogens is 244 g/mol. The molecule has 1 aromatic rings. The summed E-state index contributed by atoms with van der Waals surface area (Å²) in [4.78, 5) is 11.3. The monoisotopic (exact) mass is 254 g/mol.